The van der Waals surface area contributed by atoms with Crippen LogP contribution in [0.3, 0.4) is 0 Å². The van der Waals surface area contributed by atoms with Crippen LogP contribution in [0.1, 0.15) is 75.2 Å². The second kappa shape index (κ2) is 11.0. The molecule has 7 heteroatoms. The molecule has 29 heavy (non-hydrogen) atoms. The third-order valence-electron chi connectivity index (χ3n) is 5.46. The molecule has 2 aromatic heterocycles. The maximum Gasteiger partial charge on any atom is 0.225 e. The molecule has 1 atom stereocenters. The van der Waals surface area contributed by atoms with Gasteiger partial charge in [-0.25, -0.2) is 9.97 Å². The van der Waals surface area contributed by atoms with E-state index in [1.165, 1.54) is 29.7 Å². The number of aryl methyl sites for hydroxylation is 1. The number of carbonyl (C=O) groups excluding carboxylic acids is 1. The molecule has 4 rings (SSSR count). The molecule has 2 aliphatic carbocycles. The summed E-state index contributed by atoms with van der Waals surface area (Å²) in [5.74, 6) is 1.02. The minimum absolute atomic E-state index is 0.101. The van der Waals surface area contributed by atoms with Crippen LogP contribution in [-0.2, 0) is 20.7 Å². The van der Waals surface area contributed by atoms with E-state index in [1.54, 1.807) is 24.8 Å². The van der Waals surface area contributed by atoms with Crippen molar-refractivity contribution in [2.75, 3.05) is 20.5 Å². The fourth-order valence-electron chi connectivity index (χ4n) is 4.25. The summed E-state index contributed by atoms with van der Waals surface area (Å²) in [6.45, 7) is 4.25. The van der Waals surface area contributed by atoms with Gasteiger partial charge in [0.2, 0.25) is 5.88 Å². The first-order valence-corrected chi connectivity index (χ1v) is 11.6. The average molecular weight is 421 g/mol. The van der Waals surface area contributed by atoms with Crippen LogP contribution < -0.4 is 4.74 Å². The van der Waals surface area contributed by atoms with Gasteiger partial charge >= 0.3 is 0 Å². The Bertz CT molecular complexity index is 801. The molecule has 0 radical (unpaired) electrons. The van der Waals surface area contributed by atoms with Gasteiger partial charge in [0.05, 0.1) is 5.39 Å². The number of hydrogen-bond acceptors (Lipinski definition) is 7. The summed E-state index contributed by atoms with van der Waals surface area (Å²) in [6, 6.07) is 0. The second-order valence-electron chi connectivity index (χ2n) is 7.41. The van der Waals surface area contributed by atoms with Gasteiger partial charge in [-0.1, -0.05) is 20.3 Å². The molecule has 0 aromatic carbocycles. The predicted molar refractivity (Wildman–Crippen MR) is 115 cm³/mol. The van der Waals surface area contributed by atoms with Crippen LogP contribution >= 0.6 is 11.3 Å². The highest BCUT2D eigenvalue weighted by molar-refractivity contribution is 7.19. The molecule has 1 saturated carbocycles. The number of Topliss-reactive ketones (excluding diaryl/α,β-unsaturated/α-hetero) is 1. The predicted octanol–water partition coefficient (Wildman–Crippen LogP) is 5.04. The summed E-state index contributed by atoms with van der Waals surface area (Å²) < 4.78 is 16.4. The number of methoxy groups -OCH3 is 1. The minimum atomic E-state index is 0.101. The monoisotopic (exact) mass is 420 g/mol. The number of thiophene rings is 1. The quantitative estimate of drug-likeness (QED) is 0.440. The van der Waals surface area contributed by atoms with Crippen LogP contribution in [-0.4, -0.2) is 42.4 Å². The van der Waals surface area contributed by atoms with Gasteiger partial charge in [0, 0.05) is 18.4 Å². The summed E-state index contributed by atoms with van der Waals surface area (Å²) in [7, 11) is 1.55. The van der Waals surface area contributed by atoms with Crippen molar-refractivity contribution in [3.8, 4) is 5.88 Å². The highest BCUT2D eigenvalue weighted by Gasteiger charge is 2.32. The largest absolute Gasteiger partial charge is 0.474 e. The van der Waals surface area contributed by atoms with E-state index in [1.807, 2.05) is 13.8 Å². The standard InChI is InChI=1S/C20H26N2O4S.C2H6/c1-24-12-25-10-14(23)9-13-7-8-16-17(13)18-19(21-11-22-20(18)27-16)26-15-5-3-2-4-6-15;1-2/h11,13,15H,2-10,12H2,1H3;1-2H3/t13-;/m1./s1. The van der Waals surface area contributed by atoms with Gasteiger partial charge in [-0.15, -0.1) is 11.3 Å². The molecule has 0 unspecified atom stereocenters. The minimum Gasteiger partial charge on any atom is -0.474 e. The number of aromatic nitrogens is 2. The highest BCUT2D eigenvalue weighted by Crippen LogP contribution is 2.47. The summed E-state index contributed by atoms with van der Waals surface area (Å²) in [5, 5.41) is 1.04. The van der Waals surface area contributed by atoms with Crippen molar-refractivity contribution >= 4 is 27.3 Å². The molecule has 0 saturated heterocycles. The number of nitrogens with zero attached hydrogens (tertiary/aromatic N) is 2. The smallest absolute Gasteiger partial charge is 0.225 e. The number of carbonyl (C=O) groups is 1. The van der Waals surface area contributed by atoms with Crippen molar-refractivity contribution in [3.63, 3.8) is 0 Å². The molecule has 1 fully saturated rings. The zero-order chi connectivity index (χ0) is 20.6. The number of ether oxygens (including phenoxy) is 3. The molecular formula is C22H32N2O4S. The Morgan fingerprint density at radius 2 is 1.97 bits per heavy atom. The molecule has 160 valence electrons. The fraction of sp³-hybridized carbons (Fsp3) is 0.682. The normalized spacial score (nSPS) is 18.9. The first-order chi connectivity index (χ1) is 14.3. The van der Waals surface area contributed by atoms with E-state index in [-0.39, 0.29) is 31.2 Å². The Kier molecular flexibility index (Phi) is 8.39. The van der Waals surface area contributed by atoms with E-state index in [2.05, 4.69) is 9.97 Å². The van der Waals surface area contributed by atoms with Gasteiger partial charge in [0.1, 0.15) is 30.7 Å². The lowest BCUT2D eigenvalue weighted by atomic mass is 9.95. The third kappa shape index (κ3) is 5.32. The molecule has 2 aliphatic rings. The Hall–Kier alpha value is -1.57. The Balaban J connectivity index is 0.00000117. The maximum absolute atomic E-state index is 12.3. The van der Waals surface area contributed by atoms with Crippen molar-refractivity contribution in [2.24, 2.45) is 0 Å². The lowest BCUT2D eigenvalue weighted by Crippen LogP contribution is -2.20. The van der Waals surface area contributed by atoms with Crippen LogP contribution in [0.25, 0.3) is 10.2 Å². The van der Waals surface area contributed by atoms with Gasteiger partial charge in [-0.05, 0) is 50.0 Å². The van der Waals surface area contributed by atoms with Crippen LogP contribution in [0.2, 0.25) is 0 Å². The molecule has 6 nitrogen and oxygen atoms in total. The Labute approximate surface area is 177 Å². The topological polar surface area (TPSA) is 70.5 Å². The molecule has 0 aliphatic heterocycles. The summed E-state index contributed by atoms with van der Waals surface area (Å²) >= 11 is 1.72. The van der Waals surface area contributed by atoms with Gasteiger partial charge < -0.3 is 14.2 Å². The summed E-state index contributed by atoms with van der Waals surface area (Å²) in [5.41, 5.74) is 1.24. The number of hydrogen-bond donors (Lipinski definition) is 0. The van der Waals surface area contributed by atoms with Crippen LogP contribution in [0, 0.1) is 0 Å². The third-order valence-corrected chi connectivity index (χ3v) is 6.64. The average Bonchev–Trinajstić information content (AvgIpc) is 3.31. The molecule has 2 heterocycles. The van der Waals surface area contributed by atoms with Crippen LogP contribution in [0.5, 0.6) is 5.88 Å². The first-order valence-electron chi connectivity index (χ1n) is 10.8. The zero-order valence-electron chi connectivity index (χ0n) is 17.7. The molecule has 2 aromatic rings. The maximum atomic E-state index is 12.3. The molecule has 0 spiro atoms. The summed E-state index contributed by atoms with van der Waals surface area (Å²) in [6.07, 6.45) is 10.2. The number of ketones is 1. The van der Waals surface area contributed by atoms with Gasteiger partial charge in [0.25, 0.3) is 0 Å². The van der Waals surface area contributed by atoms with E-state index in [0.717, 1.165) is 35.9 Å². The van der Waals surface area contributed by atoms with Crippen molar-refractivity contribution in [3.05, 3.63) is 16.8 Å². The second-order valence-corrected chi connectivity index (χ2v) is 8.49. The number of fused-ring (bicyclic) bond motifs is 3. The van der Waals surface area contributed by atoms with Gasteiger partial charge in [-0.2, -0.15) is 0 Å². The fourth-order valence-corrected chi connectivity index (χ4v) is 5.48. The Morgan fingerprint density at radius 3 is 2.72 bits per heavy atom. The zero-order valence-corrected chi connectivity index (χ0v) is 18.6. The van der Waals surface area contributed by atoms with Gasteiger partial charge in [-0.3, -0.25) is 4.79 Å². The van der Waals surface area contributed by atoms with E-state index >= 15 is 0 Å². The van der Waals surface area contributed by atoms with E-state index in [4.69, 9.17) is 14.2 Å². The van der Waals surface area contributed by atoms with E-state index in [9.17, 15) is 4.79 Å². The Morgan fingerprint density at radius 1 is 1.17 bits per heavy atom. The SMILES string of the molecule is CC.COCOCC(=O)C[C@H]1CCc2sc3ncnc(OC4CCCCC4)c3c21. The van der Waals surface area contributed by atoms with Crippen molar-refractivity contribution in [1.82, 2.24) is 9.97 Å². The lowest BCUT2D eigenvalue weighted by Gasteiger charge is -2.23. The van der Waals surface area contributed by atoms with Gasteiger partial charge in [0.15, 0.2) is 5.78 Å². The summed E-state index contributed by atoms with van der Waals surface area (Å²) in [4.78, 5) is 23.6. The molecular weight excluding hydrogens is 388 g/mol. The van der Waals surface area contributed by atoms with Crippen LogP contribution in [0.15, 0.2) is 6.33 Å². The molecule has 0 amide bonds. The highest BCUT2D eigenvalue weighted by atomic mass is 32.1. The lowest BCUT2D eigenvalue weighted by molar-refractivity contribution is -0.128. The molecule has 0 bridgehead atoms. The van der Waals surface area contributed by atoms with E-state index < -0.39 is 0 Å². The van der Waals surface area contributed by atoms with Crippen molar-refractivity contribution < 1.29 is 19.0 Å². The first kappa shape index (κ1) is 22.1. The van der Waals surface area contributed by atoms with Crippen molar-refractivity contribution in [1.29, 1.82) is 0 Å². The number of rotatable bonds is 8. The van der Waals surface area contributed by atoms with Crippen LogP contribution in [0.4, 0.5) is 0 Å². The van der Waals surface area contributed by atoms with Crippen molar-refractivity contribution in [2.45, 2.75) is 77.2 Å². The van der Waals surface area contributed by atoms with E-state index in [0.29, 0.717) is 12.3 Å². The molecule has 0 N–H and O–H groups in total.